The van der Waals surface area contributed by atoms with Gasteiger partial charge >= 0.3 is 0 Å². The van der Waals surface area contributed by atoms with Gasteiger partial charge in [0.1, 0.15) is 11.6 Å². The number of hydrogen-bond donors (Lipinski definition) is 2. The summed E-state index contributed by atoms with van der Waals surface area (Å²) in [6.45, 7) is 2.59. The fourth-order valence-corrected chi connectivity index (χ4v) is 4.72. The predicted molar refractivity (Wildman–Crippen MR) is 103 cm³/mol. The second-order valence-corrected chi connectivity index (χ2v) is 8.68. The Hall–Kier alpha value is -2.35. The smallest absolute Gasteiger partial charge is 0.225 e. The lowest BCUT2D eigenvalue weighted by Gasteiger charge is -2.13. The number of ether oxygens (including phenoxy) is 1. The van der Waals surface area contributed by atoms with Crippen LogP contribution in [-0.4, -0.2) is 49.6 Å². The molecule has 0 saturated carbocycles. The van der Waals surface area contributed by atoms with Crippen molar-refractivity contribution in [2.75, 3.05) is 35.8 Å². The van der Waals surface area contributed by atoms with Crippen molar-refractivity contribution in [1.29, 1.82) is 0 Å². The number of anilines is 2. The molecule has 1 fully saturated rings. The molecule has 3 rings (SSSR count). The molecule has 2 N–H and O–H groups in total. The number of aromatic nitrogens is 2. The minimum atomic E-state index is -2.93. The largest absolute Gasteiger partial charge is 0.496 e. The highest BCUT2D eigenvalue weighted by Crippen LogP contribution is 2.19. The highest BCUT2D eigenvalue weighted by atomic mass is 32.2. The Labute approximate surface area is 154 Å². The lowest BCUT2D eigenvalue weighted by Crippen LogP contribution is -2.22. The third kappa shape index (κ3) is 4.85. The molecule has 2 heterocycles. The molecule has 1 unspecified atom stereocenters. The molecule has 140 valence electrons. The molecule has 1 aromatic carbocycles. The molecule has 26 heavy (non-hydrogen) atoms. The van der Waals surface area contributed by atoms with Gasteiger partial charge in [-0.2, -0.15) is 4.98 Å². The predicted octanol–water partition coefficient (Wildman–Crippen LogP) is 2.05. The summed E-state index contributed by atoms with van der Waals surface area (Å²) in [7, 11) is -1.26. The standard InChI is InChI=1S/C18H24N4O3S/c1-13-11-17(19-9-7-14-5-3-4-6-16(14)25-2)22-18(20-13)21-15-8-10-26(23,24)12-15/h3-6,11,15H,7-10,12H2,1-2H3,(H2,19,20,21,22). The van der Waals surface area contributed by atoms with Gasteiger partial charge in [0.2, 0.25) is 5.95 Å². The molecule has 1 aliphatic rings. The molecule has 0 amide bonds. The van der Waals surface area contributed by atoms with Crippen LogP contribution in [0.2, 0.25) is 0 Å². The molecule has 1 saturated heterocycles. The SMILES string of the molecule is COc1ccccc1CCNc1cc(C)nc(NC2CCS(=O)(=O)C2)n1. The number of rotatable bonds is 7. The van der Waals surface area contributed by atoms with Gasteiger partial charge in [0.25, 0.3) is 0 Å². The molecule has 1 aliphatic heterocycles. The molecule has 0 radical (unpaired) electrons. The normalized spacial score (nSPS) is 18.5. The summed E-state index contributed by atoms with van der Waals surface area (Å²) in [6, 6.07) is 9.68. The summed E-state index contributed by atoms with van der Waals surface area (Å²) in [5.74, 6) is 2.42. The van der Waals surface area contributed by atoms with Crippen molar-refractivity contribution in [2.45, 2.75) is 25.8 Å². The third-order valence-electron chi connectivity index (χ3n) is 4.31. The van der Waals surface area contributed by atoms with E-state index in [1.807, 2.05) is 37.3 Å². The van der Waals surface area contributed by atoms with Gasteiger partial charge in [0.15, 0.2) is 9.84 Å². The van der Waals surface area contributed by atoms with E-state index in [9.17, 15) is 8.42 Å². The van der Waals surface area contributed by atoms with E-state index in [-0.39, 0.29) is 17.5 Å². The number of methoxy groups -OCH3 is 1. The average Bonchev–Trinajstić information content (AvgIpc) is 2.93. The van der Waals surface area contributed by atoms with Crippen LogP contribution in [-0.2, 0) is 16.3 Å². The Morgan fingerprint density at radius 1 is 1.27 bits per heavy atom. The van der Waals surface area contributed by atoms with Gasteiger partial charge < -0.3 is 15.4 Å². The minimum Gasteiger partial charge on any atom is -0.496 e. The topological polar surface area (TPSA) is 93.2 Å². The fourth-order valence-electron chi connectivity index (χ4n) is 3.05. The van der Waals surface area contributed by atoms with Crippen LogP contribution in [0.5, 0.6) is 5.75 Å². The molecule has 1 atom stereocenters. The monoisotopic (exact) mass is 376 g/mol. The Bertz CT molecular complexity index is 870. The first-order valence-corrected chi connectivity index (χ1v) is 10.5. The first-order valence-electron chi connectivity index (χ1n) is 8.63. The third-order valence-corrected chi connectivity index (χ3v) is 6.08. The molecule has 0 bridgehead atoms. The highest BCUT2D eigenvalue weighted by molar-refractivity contribution is 7.91. The molecule has 7 nitrogen and oxygen atoms in total. The Morgan fingerprint density at radius 2 is 2.08 bits per heavy atom. The van der Waals surface area contributed by atoms with E-state index < -0.39 is 9.84 Å². The van der Waals surface area contributed by atoms with Crippen LogP contribution >= 0.6 is 0 Å². The van der Waals surface area contributed by atoms with Gasteiger partial charge in [-0.05, 0) is 31.4 Å². The molecular formula is C18H24N4O3S. The van der Waals surface area contributed by atoms with Crippen LogP contribution in [0.3, 0.4) is 0 Å². The van der Waals surface area contributed by atoms with Crippen molar-refractivity contribution >= 4 is 21.6 Å². The molecule has 1 aromatic heterocycles. The summed E-state index contributed by atoms with van der Waals surface area (Å²) in [5.41, 5.74) is 1.95. The van der Waals surface area contributed by atoms with E-state index in [1.54, 1.807) is 7.11 Å². The Balaban J connectivity index is 1.61. The van der Waals surface area contributed by atoms with Crippen molar-refractivity contribution in [3.63, 3.8) is 0 Å². The summed E-state index contributed by atoms with van der Waals surface area (Å²) in [4.78, 5) is 8.82. The summed E-state index contributed by atoms with van der Waals surface area (Å²) in [6.07, 6.45) is 1.40. The number of benzene rings is 1. The first kappa shape index (κ1) is 18.4. The van der Waals surface area contributed by atoms with Crippen LogP contribution < -0.4 is 15.4 Å². The highest BCUT2D eigenvalue weighted by Gasteiger charge is 2.28. The molecule has 8 heteroatoms. The van der Waals surface area contributed by atoms with E-state index in [1.165, 1.54) is 0 Å². The average molecular weight is 376 g/mol. The van der Waals surface area contributed by atoms with E-state index >= 15 is 0 Å². The molecule has 0 spiro atoms. The Morgan fingerprint density at radius 3 is 2.81 bits per heavy atom. The quantitative estimate of drug-likeness (QED) is 0.764. The van der Waals surface area contributed by atoms with E-state index in [4.69, 9.17) is 4.74 Å². The lowest BCUT2D eigenvalue weighted by atomic mass is 10.1. The zero-order chi connectivity index (χ0) is 18.6. The minimum absolute atomic E-state index is 0.122. The van der Waals surface area contributed by atoms with Gasteiger partial charge in [-0.25, -0.2) is 13.4 Å². The first-order chi connectivity index (χ1) is 12.4. The van der Waals surface area contributed by atoms with Gasteiger partial charge in [0.05, 0.1) is 18.6 Å². The number of nitrogens with zero attached hydrogens (tertiary/aromatic N) is 2. The summed E-state index contributed by atoms with van der Waals surface area (Å²) in [5, 5.41) is 6.44. The van der Waals surface area contributed by atoms with E-state index in [0.717, 1.165) is 29.2 Å². The number of hydrogen-bond acceptors (Lipinski definition) is 7. The van der Waals surface area contributed by atoms with Crippen molar-refractivity contribution in [2.24, 2.45) is 0 Å². The maximum absolute atomic E-state index is 11.6. The number of aryl methyl sites for hydroxylation is 1. The second-order valence-electron chi connectivity index (χ2n) is 6.45. The van der Waals surface area contributed by atoms with Crippen molar-refractivity contribution in [3.8, 4) is 5.75 Å². The second kappa shape index (κ2) is 7.90. The van der Waals surface area contributed by atoms with Crippen LogP contribution in [0.25, 0.3) is 0 Å². The van der Waals surface area contributed by atoms with E-state index in [2.05, 4.69) is 20.6 Å². The molecule has 0 aliphatic carbocycles. The van der Waals surface area contributed by atoms with Gasteiger partial charge in [-0.3, -0.25) is 0 Å². The van der Waals surface area contributed by atoms with Crippen LogP contribution in [0.15, 0.2) is 30.3 Å². The van der Waals surface area contributed by atoms with Crippen molar-refractivity contribution in [1.82, 2.24) is 9.97 Å². The molecule has 2 aromatic rings. The summed E-state index contributed by atoms with van der Waals surface area (Å²) >= 11 is 0. The van der Waals surface area contributed by atoms with E-state index in [0.29, 0.717) is 18.9 Å². The van der Waals surface area contributed by atoms with Crippen LogP contribution in [0.4, 0.5) is 11.8 Å². The van der Waals surface area contributed by atoms with Crippen LogP contribution in [0.1, 0.15) is 17.7 Å². The fraction of sp³-hybridized carbons (Fsp3) is 0.444. The van der Waals surface area contributed by atoms with Gasteiger partial charge in [-0.1, -0.05) is 18.2 Å². The maximum Gasteiger partial charge on any atom is 0.225 e. The Kier molecular flexibility index (Phi) is 5.61. The van der Waals surface area contributed by atoms with Gasteiger partial charge in [-0.15, -0.1) is 0 Å². The zero-order valence-electron chi connectivity index (χ0n) is 15.0. The number of nitrogens with one attached hydrogen (secondary N) is 2. The number of sulfone groups is 1. The zero-order valence-corrected chi connectivity index (χ0v) is 15.8. The number of para-hydroxylation sites is 1. The van der Waals surface area contributed by atoms with Crippen LogP contribution in [0, 0.1) is 6.92 Å². The molecular weight excluding hydrogens is 352 g/mol. The lowest BCUT2D eigenvalue weighted by molar-refractivity contribution is 0.410. The van der Waals surface area contributed by atoms with Crippen molar-refractivity contribution < 1.29 is 13.2 Å². The van der Waals surface area contributed by atoms with Crippen molar-refractivity contribution in [3.05, 3.63) is 41.6 Å². The van der Waals surface area contributed by atoms with Gasteiger partial charge in [0, 0.05) is 24.3 Å². The maximum atomic E-state index is 11.6. The summed E-state index contributed by atoms with van der Waals surface area (Å²) < 4.78 is 28.5.